The van der Waals surface area contributed by atoms with Crippen molar-refractivity contribution in [3.63, 3.8) is 0 Å². The van der Waals surface area contributed by atoms with E-state index in [1.165, 1.54) is 0 Å². The normalized spacial score (nSPS) is 13.4. The summed E-state index contributed by atoms with van der Waals surface area (Å²) in [5.41, 5.74) is 5.34. The van der Waals surface area contributed by atoms with E-state index >= 15 is 0 Å². The van der Waals surface area contributed by atoms with Crippen LogP contribution in [0.15, 0.2) is 76.7 Å². The van der Waals surface area contributed by atoms with Crippen LogP contribution >= 0.6 is 0 Å². The van der Waals surface area contributed by atoms with E-state index in [-0.39, 0.29) is 18.9 Å². The van der Waals surface area contributed by atoms with Crippen molar-refractivity contribution in [1.82, 2.24) is 0 Å². The number of hydrogen-bond acceptors (Lipinski definition) is 6. The van der Waals surface area contributed by atoms with Crippen molar-refractivity contribution < 1.29 is 19.1 Å². The van der Waals surface area contributed by atoms with Gasteiger partial charge in [-0.2, -0.15) is 0 Å². The quantitative estimate of drug-likeness (QED) is 0.538. The van der Waals surface area contributed by atoms with Gasteiger partial charge in [0.25, 0.3) is 0 Å². The summed E-state index contributed by atoms with van der Waals surface area (Å²) in [4.78, 5) is 34.4. The summed E-state index contributed by atoms with van der Waals surface area (Å²) in [7, 11) is 0. The number of ether oxygens (including phenoxy) is 2. The zero-order valence-electron chi connectivity index (χ0n) is 18.9. The molecule has 2 aliphatic heterocycles. The van der Waals surface area contributed by atoms with Gasteiger partial charge in [-0.05, 0) is 48.3 Å². The Kier molecular flexibility index (Phi) is 5.64. The summed E-state index contributed by atoms with van der Waals surface area (Å²) in [5.74, 6) is -0.941. The van der Waals surface area contributed by atoms with Crippen LogP contribution in [0, 0.1) is 6.92 Å². The molecule has 0 atom stereocenters. The summed E-state index contributed by atoms with van der Waals surface area (Å²) in [5, 5.41) is 1.62. The van der Waals surface area contributed by atoms with E-state index in [2.05, 4.69) is 9.98 Å². The number of nitrogens with zero attached hydrogens (tertiary/aromatic N) is 2. The number of carbonyl (C=O) groups is 2. The zero-order valence-corrected chi connectivity index (χ0v) is 18.9. The summed E-state index contributed by atoms with van der Waals surface area (Å²) in [6.07, 6.45) is 1.70. The summed E-state index contributed by atoms with van der Waals surface area (Å²) in [6, 6.07) is 20.9. The molecule has 168 valence electrons. The van der Waals surface area contributed by atoms with Gasteiger partial charge in [0.1, 0.15) is 18.9 Å². The lowest BCUT2D eigenvalue weighted by Crippen LogP contribution is -2.20. The van der Waals surface area contributed by atoms with Crippen LogP contribution in [0.2, 0.25) is 0 Å². The van der Waals surface area contributed by atoms with E-state index in [0.717, 1.165) is 32.7 Å². The topological polar surface area (TPSA) is 77.3 Å². The van der Waals surface area contributed by atoms with E-state index in [4.69, 9.17) is 9.47 Å². The average molecular weight is 450 g/mol. The highest BCUT2D eigenvalue weighted by Gasteiger charge is 2.26. The van der Waals surface area contributed by atoms with Crippen LogP contribution in [0.3, 0.4) is 0 Å². The van der Waals surface area contributed by atoms with Crippen LogP contribution in [0.25, 0.3) is 11.6 Å². The summed E-state index contributed by atoms with van der Waals surface area (Å²) >= 11 is 0. The van der Waals surface area contributed by atoms with Crippen LogP contribution in [-0.2, 0) is 32.3 Å². The maximum absolute atomic E-state index is 12.7. The van der Waals surface area contributed by atoms with E-state index in [0.29, 0.717) is 17.1 Å². The Bertz CT molecular complexity index is 1490. The fourth-order valence-electron chi connectivity index (χ4n) is 4.15. The highest BCUT2D eigenvalue weighted by molar-refractivity contribution is 6.53. The highest BCUT2D eigenvalue weighted by Crippen LogP contribution is 2.24. The second-order valence-electron chi connectivity index (χ2n) is 8.18. The van der Waals surface area contributed by atoms with Gasteiger partial charge in [-0.25, -0.2) is 19.6 Å². The first kappa shape index (κ1) is 21.5. The van der Waals surface area contributed by atoms with Crippen LogP contribution in [-0.4, -0.2) is 23.4 Å². The van der Waals surface area contributed by atoms with Crippen molar-refractivity contribution in [3.05, 3.63) is 93.9 Å². The lowest BCUT2D eigenvalue weighted by atomic mass is 10.0. The third-order valence-corrected chi connectivity index (χ3v) is 5.87. The molecule has 0 aromatic heterocycles. The molecule has 0 saturated heterocycles. The lowest BCUT2D eigenvalue weighted by Gasteiger charge is -2.05. The molecule has 6 heteroatoms. The minimum absolute atomic E-state index is 0.185. The van der Waals surface area contributed by atoms with Crippen molar-refractivity contribution in [2.24, 2.45) is 9.98 Å². The summed E-state index contributed by atoms with van der Waals surface area (Å²) < 4.78 is 10.9. The third kappa shape index (κ3) is 4.06. The molecule has 0 spiro atoms. The Balaban J connectivity index is 1.35. The molecule has 2 aliphatic rings. The Labute approximate surface area is 196 Å². The molecule has 0 radical (unpaired) electrons. The van der Waals surface area contributed by atoms with Crippen LogP contribution in [0.1, 0.15) is 23.6 Å². The van der Waals surface area contributed by atoms with Crippen molar-refractivity contribution in [2.75, 3.05) is 0 Å². The van der Waals surface area contributed by atoms with E-state index in [9.17, 15) is 9.59 Å². The van der Waals surface area contributed by atoms with Gasteiger partial charge in [0.15, 0.2) is 5.71 Å². The van der Waals surface area contributed by atoms with E-state index in [1.54, 1.807) is 6.08 Å². The van der Waals surface area contributed by atoms with Gasteiger partial charge >= 0.3 is 11.9 Å². The van der Waals surface area contributed by atoms with Crippen LogP contribution in [0.5, 0.6) is 0 Å². The smallest absolute Gasteiger partial charge is 0.357 e. The van der Waals surface area contributed by atoms with E-state index in [1.807, 2.05) is 80.6 Å². The van der Waals surface area contributed by atoms with E-state index < -0.39 is 11.9 Å². The number of fused-ring (bicyclic) bond motifs is 2. The Morgan fingerprint density at radius 2 is 1.38 bits per heavy atom. The maximum atomic E-state index is 12.7. The number of hydrogen-bond donors (Lipinski definition) is 0. The molecular weight excluding hydrogens is 428 g/mol. The fraction of sp³-hybridized carbons (Fsp3) is 0.143. The monoisotopic (exact) mass is 450 g/mol. The molecule has 2 heterocycles. The van der Waals surface area contributed by atoms with Crippen molar-refractivity contribution >= 4 is 46.4 Å². The predicted octanol–water partition coefficient (Wildman–Crippen LogP) is 3.61. The molecule has 3 aromatic carbocycles. The maximum Gasteiger partial charge on any atom is 0.357 e. The molecule has 0 unspecified atom stereocenters. The molecule has 0 saturated carbocycles. The first-order chi connectivity index (χ1) is 16.5. The molecule has 0 fully saturated rings. The summed E-state index contributed by atoms with van der Waals surface area (Å²) in [6.45, 7) is 4.14. The number of aliphatic imine (C=N–C) groups is 2. The van der Waals surface area contributed by atoms with Crippen molar-refractivity contribution in [2.45, 2.75) is 27.1 Å². The molecule has 0 aliphatic carbocycles. The Hall–Kier alpha value is -4.32. The second-order valence-corrected chi connectivity index (χ2v) is 8.18. The van der Waals surface area contributed by atoms with Gasteiger partial charge < -0.3 is 9.47 Å². The number of rotatable bonds is 6. The van der Waals surface area contributed by atoms with Gasteiger partial charge in [-0.1, -0.05) is 60.7 Å². The molecule has 0 bridgehead atoms. The van der Waals surface area contributed by atoms with Gasteiger partial charge in [-0.3, -0.25) is 0 Å². The van der Waals surface area contributed by atoms with Gasteiger partial charge in [0, 0.05) is 10.4 Å². The van der Waals surface area contributed by atoms with Gasteiger partial charge in [0.05, 0.1) is 11.4 Å². The number of benzene rings is 3. The fourth-order valence-corrected chi connectivity index (χ4v) is 4.15. The van der Waals surface area contributed by atoms with Crippen LogP contribution in [0.4, 0.5) is 11.4 Å². The molecule has 6 nitrogen and oxygen atoms in total. The molecule has 3 aromatic rings. The minimum atomic E-state index is -0.478. The third-order valence-electron chi connectivity index (χ3n) is 5.87. The molecule has 0 N–H and O–H groups in total. The standard InChI is InChI=1S/C28H22N2O4/c1-17-24-18(2)26(28(32)34-16-20-11-7-4-8-12-20)29-22(24)13-21-14-23(30-25(17)21)27(31)33-15-19-9-5-3-6-10-19/h3-14H,15-16H2,1-2H3. The second kappa shape index (κ2) is 8.90. The molecule has 34 heavy (non-hydrogen) atoms. The van der Waals surface area contributed by atoms with Crippen molar-refractivity contribution in [3.8, 4) is 0 Å². The molecular formula is C28H22N2O4. The zero-order chi connectivity index (χ0) is 23.7. The van der Waals surface area contributed by atoms with Crippen LogP contribution < -0.4 is 10.4 Å². The largest absolute Gasteiger partial charge is 0.456 e. The SMILES string of the molecule is CC1=c2c(cc3c(c2C)N=C(C(=O)OCc2ccccc2)C=3)N=C1C(=O)OCc1ccccc1. The Morgan fingerprint density at radius 3 is 2.00 bits per heavy atom. The van der Waals surface area contributed by atoms with Gasteiger partial charge in [0.2, 0.25) is 0 Å². The van der Waals surface area contributed by atoms with Crippen molar-refractivity contribution in [1.29, 1.82) is 0 Å². The first-order valence-corrected chi connectivity index (χ1v) is 11.0. The number of esters is 2. The number of carbonyl (C=O) groups excluding carboxylic acids is 2. The van der Waals surface area contributed by atoms with Gasteiger partial charge in [-0.15, -0.1) is 0 Å². The lowest BCUT2D eigenvalue weighted by molar-refractivity contribution is -0.137. The average Bonchev–Trinajstić information content (AvgIpc) is 3.44. The molecule has 0 amide bonds. The first-order valence-electron chi connectivity index (χ1n) is 11.0. The Morgan fingerprint density at radius 1 is 0.794 bits per heavy atom. The predicted molar refractivity (Wildman–Crippen MR) is 131 cm³/mol. The molecule has 5 rings (SSSR count). The minimum Gasteiger partial charge on any atom is -0.456 e. The highest BCUT2D eigenvalue weighted by atomic mass is 16.5.